The van der Waals surface area contributed by atoms with E-state index in [0.717, 1.165) is 24.3 Å². The predicted octanol–water partition coefficient (Wildman–Crippen LogP) is 1.75. The number of halogens is 3. The number of hydrogen-bond donors (Lipinski definition) is 0. The van der Waals surface area contributed by atoms with Crippen molar-refractivity contribution in [2.45, 2.75) is 22.9 Å². The lowest BCUT2D eigenvalue weighted by molar-refractivity contribution is -0.152. The molecule has 0 amide bonds. The first-order chi connectivity index (χ1) is 8.98. The Morgan fingerprint density at radius 2 is 1.45 bits per heavy atom. The zero-order valence-electron chi connectivity index (χ0n) is 10.2. The number of benzene rings is 1. The zero-order valence-corrected chi connectivity index (χ0v) is 11.8. The molecule has 0 heterocycles. The average Bonchev–Trinajstić information content (AvgIpc) is 2.36. The molecule has 20 heavy (non-hydrogen) atoms. The smallest absolute Gasteiger partial charge is 0.257 e. The highest BCUT2D eigenvalue weighted by Gasteiger charge is 2.31. The van der Waals surface area contributed by atoms with Gasteiger partial charge in [-0.25, -0.2) is 8.42 Å². The van der Waals surface area contributed by atoms with Gasteiger partial charge in [-0.15, -0.1) is 0 Å². The van der Waals surface area contributed by atoms with Crippen molar-refractivity contribution in [2.75, 3.05) is 12.4 Å². The Bertz CT molecular complexity index is 660. The molecule has 0 aromatic heterocycles. The molecular formula is C10H11F3O5S2. The summed E-state index contributed by atoms with van der Waals surface area (Å²) < 4.78 is 85.4. The van der Waals surface area contributed by atoms with Crippen molar-refractivity contribution in [3.8, 4) is 0 Å². The summed E-state index contributed by atoms with van der Waals surface area (Å²) in [6.45, 7) is -0.531. The molecule has 0 aliphatic carbocycles. The van der Waals surface area contributed by atoms with Crippen molar-refractivity contribution in [1.29, 1.82) is 0 Å². The quantitative estimate of drug-likeness (QED) is 0.768. The van der Waals surface area contributed by atoms with Gasteiger partial charge in [0.2, 0.25) is 0 Å². The molecule has 0 spiro atoms. The molecule has 114 valence electrons. The second kappa shape index (κ2) is 5.70. The number of rotatable bonds is 5. The molecule has 0 N–H and O–H groups in total. The fourth-order valence-corrected chi connectivity index (χ4v) is 2.97. The Balaban J connectivity index is 2.99. The fourth-order valence-electron chi connectivity index (χ4n) is 1.19. The van der Waals surface area contributed by atoms with Gasteiger partial charge in [-0.05, 0) is 24.3 Å². The van der Waals surface area contributed by atoms with E-state index in [1.54, 1.807) is 0 Å². The van der Waals surface area contributed by atoms with Crippen LogP contribution in [0.2, 0.25) is 0 Å². The fraction of sp³-hybridized carbons (Fsp3) is 0.400. The Hall–Kier alpha value is -1.13. The molecule has 0 radical (unpaired) electrons. The summed E-state index contributed by atoms with van der Waals surface area (Å²) in [5.41, 5.74) is 0. The minimum atomic E-state index is -4.78. The van der Waals surface area contributed by atoms with Crippen LogP contribution < -0.4 is 0 Å². The zero-order chi connectivity index (χ0) is 15.6. The number of hydrogen-bond acceptors (Lipinski definition) is 5. The predicted molar refractivity (Wildman–Crippen MR) is 63.4 cm³/mol. The minimum absolute atomic E-state index is 0.116. The third kappa shape index (κ3) is 4.46. The molecule has 5 nitrogen and oxygen atoms in total. The second-order valence-corrected chi connectivity index (χ2v) is 7.60. The first kappa shape index (κ1) is 16.9. The van der Waals surface area contributed by atoms with Crippen LogP contribution in [0, 0.1) is 0 Å². The van der Waals surface area contributed by atoms with Gasteiger partial charge in [0.05, 0.1) is 15.5 Å². The standard InChI is InChI=1S/C10H11F3O5S2/c1-2-19(14,15)8-3-5-9(6-4-8)20(16,17)18-7-10(11,12)13/h3-6H,2,7H2,1H3. The first-order valence-corrected chi connectivity index (χ1v) is 8.33. The van der Waals surface area contributed by atoms with E-state index in [4.69, 9.17) is 0 Å². The lowest BCUT2D eigenvalue weighted by Crippen LogP contribution is -2.20. The molecule has 0 aliphatic heterocycles. The van der Waals surface area contributed by atoms with Crippen LogP contribution in [-0.4, -0.2) is 35.4 Å². The van der Waals surface area contributed by atoms with Crippen LogP contribution in [0.4, 0.5) is 13.2 Å². The maximum Gasteiger partial charge on any atom is 0.413 e. The van der Waals surface area contributed by atoms with Gasteiger partial charge in [0.1, 0.15) is 0 Å². The van der Waals surface area contributed by atoms with E-state index in [1.165, 1.54) is 6.92 Å². The van der Waals surface area contributed by atoms with Crippen molar-refractivity contribution >= 4 is 20.0 Å². The van der Waals surface area contributed by atoms with Crippen molar-refractivity contribution in [3.63, 3.8) is 0 Å². The van der Waals surface area contributed by atoms with Gasteiger partial charge < -0.3 is 0 Å². The van der Waals surface area contributed by atoms with Gasteiger partial charge in [-0.2, -0.15) is 21.6 Å². The van der Waals surface area contributed by atoms with Crippen LogP contribution >= 0.6 is 0 Å². The normalized spacial score (nSPS) is 13.4. The lowest BCUT2D eigenvalue weighted by Gasteiger charge is -2.08. The summed E-state index contributed by atoms with van der Waals surface area (Å²) in [4.78, 5) is -0.661. The van der Waals surface area contributed by atoms with E-state index in [1.807, 2.05) is 0 Å². The molecule has 0 saturated heterocycles. The summed E-state index contributed by atoms with van der Waals surface area (Å²) in [7, 11) is -8.09. The van der Waals surface area contributed by atoms with Crippen LogP contribution in [0.15, 0.2) is 34.1 Å². The second-order valence-electron chi connectivity index (χ2n) is 3.71. The van der Waals surface area contributed by atoms with E-state index in [2.05, 4.69) is 4.18 Å². The van der Waals surface area contributed by atoms with Gasteiger partial charge in [0.25, 0.3) is 10.1 Å². The lowest BCUT2D eigenvalue weighted by atomic mass is 10.4. The topological polar surface area (TPSA) is 77.5 Å². The number of alkyl halides is 3. The maximum absolute atomic E-state index is 11.9. The largest absolute Gasteiger partial charge is 0.413 e. The summed E-state index contributed by atoms with van der Waals surface area (Å²) in [5, 5.41) is 0. The van der Waals surface area contributed by atoms with E-state index < -0.39 is 37.6 Å². The first-order valence-electron chi connectivity index (χ1n) is 5.27. The SMILES string of the molecule is CCS(=O)(=O)c1ccc(S(=O)(=O)OCC(F)(F)F)cc1. The van der Waals surface area contributed by atoms with E-state index in [9.17, 15) is 30.0 Å². The highest BCUT2D eigenvalue weighted by atomic mass is 32.2. The molecule has 1 aromatic carbocycles. The molecule has 0 atom stereocenters. The molecule has 0 unspecified atom stereocenters. The van der Waals surface area contributed by atoms with Gasteiger partial charge in [0.15, 0.2) is 16.4 Å². The third-order valence-corrected chi connectivity index (χ3v) is 5.26. The molecule has 1 rings (SSSR count). The molecule has 0 aliphatic rings. The maximum atomic E-state index is 11.9. The molecule has 10 heteroatoms. The van der Waals surface area contributed by atoms with Crippen molar-refractivity contribution < 1.29 is 34.2 Å². The van der Waals surface area contributed by atoms with Gasteiger partial charge in [-0.1, -0.05) is 6.92 Å². The highest BCUT2D eigenvalue weighted by Crippen LogP contribution is 2.21. The van der Waals surface area contributed by atoms with Crippen LogP contribution in [0.1, 0.15) is 6.92 Å². The van der Waals surface area contributed by atoms with Gasteiger partial charge >= 0.3 is 6.18 Å². The molecular weight excluding hydrogens is 321 g/mol. The molecule has 0 saturated carbocycles. The van der Waals surface area contributed by atoms with Gasteiger partial charge in [0, 0.05) is 0 Å². The molecule has 1 aromatic rings. The molecule has 0 fully saturated rings. The van der Waals surface area contributed by atoms with Crippen molar-refractivity contribution in [3.05, 3.63) is 24.3 Å². The summed E-state index contributed by atoms with van der Waals surface area (Å²) >= 11 is 0. The Morgan fingerprint density at radius 1 is 1.00 bits per heavy atom. The highest BCUT2D eigenvalue weighted by molar-refractivity contribution is 7.91. The summed E-state index contributed by atoms with van der Waals surface area (Å²) in [6, 6.07) is 3.77. The average molecular weight is 332 g/mol. The van der Waals surface area contributed by atoms with Crippen LogP contribution in [-0.2, 0) is 24.1 Å². The van der Waals surface area contributed by atoms with Crippen molar-refractivity contribution in [1.82, 2.24) is 0 Å². The van der Waals surface area contributed by atoms with Crippen LogP contribution in [0.5, 0.6) is 0 Å². The monoisotopic (exact) mass is 332 g/mol. The van der Waals surface area contributed by atoms with E-state index in [0.29, 0.717) is 0 Å². The van der Waals surface area contributed by atoms with Crippen LogP contribution in [0.25, 0.3) is 0 Å². The van der Waals surface area contributed by atoms with Crippen LogP contribution in [0.3, 0.4) is 0 Å². The van der Waals surface area contributed by atoms with Gasteiger partial charge in [-0.3, -0.25) is 4.18 Å². The Morgan fingerprint density at radius 3 is 1.85 bits per heavy atom. The molecule has 0 bridgehead atoms. The Kier molecular flexibility index (Phi) is 4.82. The minimum Gasteiger partial charge on any atom is -0.257 e. The van der Waals surface area contributed by atoms with Crippen molar-refractivity contribution in [2.24, 2.45) is 0 Å². The number of sulfone groups is 1. The summed E-state index contributed by atoms with van der Waals surface area (Å²) in [5.74, 6) is -0.177. The Labute approximate surface area is 114 Å². The van der Waals surface area contributed by atoms with E-state index >= 15 is 0 Å². The van der Waals surface area contributed by atoms with E-state index in [-0.39, 0.29) is 10.6 Å². The summed E-state index contributed by atoms with van der Waals surface area (Å²) in [6.07, 6.45) is -4.78. The third-order valence-electron chi connectivity index (χ3n) is 2.23.